The molecule has 2 rings (SSSR count). The Bertz CT molecular complexity index is 453. The standard InChI is InChI=1S/C15H19NO/c1-11-9-15(17-12(11)2)14(16-3)10-13-7-5-4-6-8-13/h4-9,14,16H,10H2,1-3H3. The van der Waals surface area contributed by atoms with Gasteiger partial charge in [-0.1, -0.05) is 30.3 Å². The van der Waals surface area contributed by atoms with Crippen molar-refractivity contribution in [2.24, 2.45) is 0 Å². The third-order valence-corrected chi connectivity index (χ3v) is 3.16. The first-order chi connectivity index (χ1) is 8.20. The van der Waals surface area contributed by atoms with Gasteiger partial charge in [0.05, 0.1) is 6.04 Å². The molecular formula is C15H19NO. The van der Waals surface area contributed by atoms with E-state index >= 15 is 0 Å². The smallest absolute Gasteiger partial charge is 0.121 e. The lowest BCUT2D eigenvalue weighted by Crippen LogP contribution is -2.18. The van der Waals surface area contributed by atoms with Crippen LogP contribution in [0.5, 0.6) is 0 Å². The molecule has 0 bridgehead atoms. The van der Waals surface area contributed by atoms with Gasteiger partial charge in [0.25, 0.3) is 0 Å². The highest BCUT2D eigenvalue weighted by atomic mass is 16.3. The van der Waals surface area contributed by atoms with Crippen LogP contribution in [0.25, 0.3) is 0 Å². The van der Waals surface area contributed by atoms with Crippen molar-refractivity contribution in [3.63, 3.8) is 0 Å². The van der Waals surface area contributed by atoms with Crippen LogP contribution in [-0.4, -0.2) is 7.05 Å². The van der Waals surface area contributed by atoms with Crippen molar-refractivity contribution in [1.82, 2.24) is 5.32 Å². The Morgan fingerprint density at radius 2 is 1.88 bits per heavy atom. The summed E-state index contributed by atoms with van der Waals surface area (Å²) in [7, 11) is 1.97. The number of aryl methyl sites for hydroxylation is 2. The molecule has 2 heteroatoms. The topological polar surface area (TPSA) is 25.2 Å². The molecule has 0 saturated heterocycles. The molecule has 90 valence electrons. The summed E-state index contributed by atoms with van der Waals surface area (Å²) in [4.78, 5) is 0. The van der Waals surface area contributed by atoms with Crippen molar-refractivity contribution < 1.29 is 4.42 Å². The summed E-state index contributed by atoms with van der Waals surface area (Å²) in [6.45, 7) is 4.09. The van der Waals surface area contributed by atoms with Crippen LogP contribution in [0.4, 0.5) is 0 Å². The maximum atomic E-state index is 5.78. The highest BCUT2D eigenvalue weighted by Crippen LogP contribution is 2.23. The second kappa shape index (κ2) is 5.19. The van der Waals surface area contributed by atoms with Crippen molar-refractivity contribution in [2.45, 2.75) is 26.3 Å². The van der Waals surface area contributed by atoms with E-state index in [0.717, 1.165) is 17.9 Å². The summed E-state index contributed by atoms with van der Waals surface area (Å²) in [6.07, 6.45) is 0.948. The van der Waals surface area contributed by atoms with Crippen molar-refractivity contribution in [1.29, 1.82) is 0 Å². The van der Waals surface area contributed by atoms with Crippen molar-refractivity contribution >= 4 is 0 Å². The third-order valence-electron chi connectivity index (χ3n) is 3.16. The van der Waals surface area contributed by atoms with Gasteiger partial charge in [-0.25, -0.2) is 0 Å². The first-order valence-electron chi connectivity index (χ1n) is 5.99. The van der Waals surface area contributed by atoms with E-state index in [1.54, 1.807) is 0 Å². The summed E-state index contributed by atoms with van der Waals surface area (Å²) in [5, 5.41) is 3.31. The highest BCUT2D eigenvalue weighted by molar-refractivity contribution is 5.23. The Kier molecular flexibility index (Phi) is 3.64. The minimum atomic E-state index is 0.241. The van der Waals surface area contributed by atoms with Crippen molar-refractivity contribution in [3.05, 3.63) is 59.0 Å². The molecule has 0 fully saturated rings. The van der Waals surface area contributed by atoms with E-state index in [-0.39, 0.29) is 6.04 Å². The molecule has 1 unspecified atom stereocenters. The zero-order valence-corrected chi connectivity index (χ0v) is 10.7. The number of nitrogens with one attached hydrogen (secondary N) is 1. The van der Waals surface area contributed by atoms with Gasteiger partial charge in [0.2, 0.25) is 0 Å². The molecular weight excluding hydrogens is 210 g/mol. The summed E-state index contributed by atoms with van der Waals surface area (Å²) in [5.41, 5.74) is 2.53. The molecule has 0 aliphatic carbocycles. The van der Waals surface area contributed by atoms with Gasteiger partial charge in [-0.05, 0) is 44.5 Å². The summed E-state index contributed by atoms with van der Waals surface area (Å²) >= 11 is 0. The van der Waals surface area contributed by atoms with Crippen LogP contribution in [0.1, 0.15) is 28.7 Å². The SMILES string of the molecule is CNC(Cc1ccccc1)c1cc(C)c(C)o1. The number of hydrogen-bond acceptors (Lipinski definition) is 2. The van der Waals surface area contributed by atoms with Gasteiger partial charge in [-0.2, -0.15) is 0 Å². The Hall–Kier alpha value is -1.54. The number of hydrogen-bond donors (Lipinski definition) is 1. The van der Waals surface area contributed by atoms with Gasteiger partial charge in [0.15, 0.2) is 0 Å². The highest BCUT2D eigenvalue weighted by Gasteiger charge is 2.15. The Labute approximate surface area is 103 Å². The number of benzene rings is 1. The zero-order valence-electron chi connectivity index (χ0n) is 10.7. The van der Waals surface area contributed by atoms with Gasteiger partial charge in [-0.15, -0.1) is 0 Å². The number of rotatable bonds is 4. The fourth-order valence-corrected chi connectivity index (χ4v) is 1.97. The molecule has 2 nitrogen and oxygen atoms in total. The van der Waals surface area contributed by atoms with Gasteiger partial charge in [0.1, 0.15) is 11.5 Å². The van der Waals surface area contributed by atoms with E-state index in [4.69, 9.17) is 4.42 Å². The molecule has 0 radical (unpaired) electrons. The van der Waals surface area contributed by atoms with Gasteiger partial charge < -0.3 is 9.73 Å². The lowest BCUT2D eigenvalue weighted by molar-refractivity contribution is 0.414. The molecule has 2 aromatic rings. The molecule has 0 spiro atoms. The molecule has 1 N–H and O–H groups in total. The fraction of sp³-hybridized carbons (Fsp3) is 0.333. The van der Waals surface area contributed by atoms with Crippen LogP contribution in [0.3, 0.4) is 0 Å². The predicted molar refractivity (Wildman–Crippen MR) is 70.1 cm³/mol. The van der Waals surface area contributed by atoms with E-state index in [0.29, 0.717) is 0 Å². The molecule has 0 aliphatic heterocycles. The number of likely N-dealkylation sites (N-methyl/N-ethyl adjacent to an activating group) is 1. The van der Waals surface area contributed by atoms with Gasteiger partial charge >= 0.3 is 0 Å². The first-order valence-corrected chi connectivity index (χ1v) is 5.99. The molecule has 1 heterocycles. The zero-order chi connectivity index (χ0) is 12.3. The predicted octanol–water partition coefficient (Wildman–Crippen LogP) is 3.40. The number of furan rings is 1. The molecule has 17 heavy (non-hydrogen) atoms. The maximum Gasteiger partial charge on any atom is 0.121 e. The van der Waals surface area contributed by atoms with Gasteiger partial charge in [-0.3, -0.25) is 0 Å². The second-order valence-electron chi connectivity index (χ2n) is 4.42. The van der Waals surface area contributed by atoms with E-state index < -0.39 is 0 Å². The maximum absolute atomic E-state index is 5.78. The molecule has 1 aromatic heterocycles. The summed E-state index contributed by atoms with van der Waals surface area (Å²) < 4.78 is 5.78. The van der Waals surface area contributed by atoms with Crippen LogP contribution in [0.2, 0.25) is 0 Å². The second-order valence-corrected chi connectivity index (χ2v) is 4.42. The average molecular weight is 229 g/mol. The van der Waals surface area contributed by atoms with Crippen molar-refractivity contribution in [2.75, 3.05) is 7.05 Å². The van der Waals surface area contributed by atoms with Crippen LogP contribution in [0.15, 0.2) is 40.8 Å². The van der Waals surface area contributed by atoms with Crippen LogP contribution in [-0.2, 0) is 6.42 Å². The Morgan fingerprint density at radius 1 is 1.18 bits per heavy atom. The molecule has 1 aromatic carbocycles. The Morgan fingerprint density at radius 3 is 2.41 bits per heavy atom. The minimum Gasteiger partial charge on any atom is -0.464 e. The monoisotopic (exact) mass is 229 g/mol. The van der Waals surface area contributed by atoms with E-state index in [9.17, 15) is 0 Å². The fourth-order valence-electron chi connectivity index (χ4n) is 1.97. The largest absolute Gasteiger partial charge is 0.464 e. The molecule has 0 amide bonds. The van der Waals surface area contributed by atoms with Crippen molar-refractivity contribution in [3.8, 4) is 0 Å². The summed E-state index contributed by atoms with van der Waals surface area (Å²) in [5.74, 6) is 2.03. The third kappa shape index (κ3) is 2.77. The molecule has 0 saturated carbocycles. The normalized spacial score (nSPS) is 12.6. The Balaban J connectivity index is 2.17. The lowest BCUT2D eigenvalue weighted by atomic mass is 10.0. The average Bonchev–Trinajstić information content (AvgIpc) is 2.68. The van der Waals surface area contributed by atoms with E-state index in [2.05, 4.69) is 42.6 Å². The van der Waals surface area contributed by atoms with E-state index in [1.165, 1.54) is 11.1 Å². The first kappa shape index (κ1) is 11.9. The minimum absolute atomic E-state index is 0.241. The van der Waals surface area contributed by atoms with Crippen LogP contribution < -0.4 is 5.32 Å². The molecule has 1 atom stereocenters. The quantitative estimate of drug-likeness (QED) is 0.869. The van der Waals surface area contributed by atoms with Crippen LogP contribution in [0, 0.1) is 13.8 Å². The molecule has 0 aliphatic rings. The lowest BCUT2D eigenvalue weighted by Gasteiger charge is -2.13. The van der Waals surface area contributed by atoms with Gasteiger partial charge in [0, 0.05) is 0 Å². The summed E-state index contributed by atoms with van der Waals surface area (Å²) in [6, 6.07) is 12.8. The van der Waals surface area contributed by atoms with E-state index in [1.807, 2.05) is 20.0 Å². The van der Waals surface area contributed by atoms with Crippen LogP contribution >= 0.6 is 0 Å².